The van der Waals surface area contributed by atoms with Crippen molar-refractivity contribution in [2.45, 2.75) is 13.5 Å². The molecule has 0 N–H and O–H groups in total. The lowest BCUT2D eigenvalue weighted by molar-refractivity contribution is -0.139. The molecule has 3 rings (SSSR count). The Morgan fingerprint density at radius 2 is 1.96 bits per heavy atom. The maximum absolute atomic E-state index is 11.8. The van der Waals surface area contributed by atoms with Crippen LogP contribution < -0.4 is 0 Å². The van der Waals surface area contributed by atoms with Crippen molar-refractivity contribution in [2.75, 3.05) is 0 Å². The van der Waals surface area contributed by atoms with E-state index in [-0.39, 0.29) is 6.61 Å². The van der Waals surface area contributed by atoms with Crippen LogP contribution in [0.15, 0.2) is 71.3 Å². The van der Waals surface area contributed by atoms with Crippen LogP contribution in [0.3, 0.4) is 0 Å². The zero-order valence-electron chi connectivity index (χ0n) is 13.3. The number of rotatable bonds is 5. The highest BCUT2D eigenvalue weighted by atomic mass is 16.5. The van der Waals surface area contributed by atoms with Crippen LogP contribution in [0.4, 0.5) is 0 Å². The summed E-state index contributed by atoms with van der Waals surface area (Å²) in [7, 11) is 0. The van der Waals surface area contributed by atoms with Gasteiger partial charge in [0.25, 0.3) is 0 Å². The smallest absolute Gasteiger partial charge is 0.331 e. The monoisotopic (exact) mass is 319 g/mol. The fourth-order valence-corrected chi connectivity index (χ4v) is 2.25. The highest BCUT2D eigenvalue weighted by Gasteiger charge is 2.07. The van der Waals surface area contributed by atoms with Crippen LogP contribution in [0, 0.1) is 6.92 Å². The zero-order chi connectivity index (χ0) is 16.8. The summed E-state index contributed by atoms with van der Waals surface area (Å²) in [5.41, 5.74) is 3.61. The summed E-state index contributed by atoms with van der Waals surface area (Å²) in [6, 6.07) is 19.3. The first-order chi connectivity index (χ1) is 11.7. The molecule has 0 aliphatic carbocycles. The predicted molar refractivity (Wildman–Crippen MR) is 91.9 cm³/mol. The van der Waals surface area contributed by atoms with Gasteiger partial charge in [-0.3, -0.25) is 0 Å². The van der Waals surface area contributed by atoms with Gasteiger partial charge in [-0.15, -0.1) is 0 Å². The fraction of sp³-hybridized carbons (Fsp3) is 0.100. The number of nitrogens with zero attached hydrogens (tertiary/aromatic N) is 1. The van der Waals surface area contributed by atoms with E-state index < -0.39 is 5.97 Å². The third-order valence-electron chi connectivity index (χ3n) is 3.43. The van der Waals surface area contributed by atoms with E-state index in [1.807, 2.05) is 61.5 Å². The quantitative estimate of drug-likeness (QED) is 0.516. The molecule has 24 heavy (non-hydrogen) atoms. The molecule has 0 aliphatic rings. The second kappa shape index (κ2) is 7.42. The van der Waals surface area contributed by atoms with Crippen LogP contribution in [-0.2, 0) is 16.1 Å². The van der Waals surface area contributed by atoms with Crippen LogP contribution in [-0.4, -0.2) is 11.1 Å². The highest BCUT2D eigenvalue weighted by Crippen LogP contribution is 2.20. The number of ether oxygens (including phenoxy) is 1. The molecule has 0 saturated heterocycles. The largest absolute Gasteiger partial charge is 0.456 e. The summed E-state index contributed by atoms with van der Waals surface area (Å²) in [5.74, 6) is 0.234. The molecule has 0 fully saturated rings. The molecule has 120 valence electrons. The van der Waals surface area contributed by atoms with Crippen molar-refractivity contribution in [2.24, 2.45) is 0 Å². The minimum atomic E-state index is -0.416. The number of carbonyl (C=O) groups is 1. The van der Waals surface area contributed by atoms with E-state index in [0.29, 0.717) is 11.5 Å². The molecule has 0 saturated carbocycles. The number of carbonyl (C=O) groups excluding carboxylic acids is 1. The van der Waals surface area contributed by atoms with Gasteiger partial charge in [0.2, 0.25) is 0 Å². The van der Waals surface area contributed by atoms with E-state index in [2.05, 4.69) is 5.16 Å². The lowest BCUT2D eigenvalue weighted by Gasteiger charge is -1.98. The molecular weight excluding hydrogens is 302 g/mol. The van der Waals surface area contributed by atoms with E-state index >= 15 is 0 Å². The maximum atomic E-state index is 11.8. The molecule has 4 nitrogen and oxygen atoms in total. The van der Waals surface area contributed by atoms with Gasteiger partial charge in [0.05, 0.1) is 0 Å². The molecule has 2 aromatic carbocycles. The lowest BCUT2D eigenvalue weighted by atomic mass is 10.1. The van der Waals surface area contributed by atoms with Crippen molar-refractivity contribution in [3.05, 3.63) is 83.6 Å². The Hall–Kier alpha value is -3.14. The molecule has 0 amide bonds. The van der Waals surface area contributed by atoms with Crippen LogP contribution in [0.2, 0.25) is 0 Å². The van der Waals surface area contributed by atoms with Gasteiger partial charge in [-0.1, -0.05) is 65.3 Å². The molecule has 0 aliphatic heterocycles. The SMILES string of the molecule is Cc1cccc(/C=C/C(=O)OCc2cc(-c3ccccc3)on2)c1. The van der Waals surface area contributed by atoms with Crippen LogP contribution >= 0.6 is 0 Å². The third kappa shape index (κ3) is 4.20. The zero-order valence-corrected chi connectivity index (χ0v) is 13.3. The van der Waals surface area contributed by atoms with Crippen LogP contribution in [0.5, 0.6) is 0 Å². The minimum absolute atomic E-state index is 0.0767. The van der Waals surface area contributed by atoms with Crippen molar-refractivity contribution < 1.29 is 14.1 Å². The molecule has 3 aromatic rings. The van der Waals surface area contributed by atoms with E-state index in [9.17, 15) is 4.79 Å². The topological polar surface area (TPSA) is 52.3 Å². The van der Waals surface area contributed by atoms with Gasteiger partial charge in [0, 0.05) is 17.7 Å². The second-order valence-corrected chi connectivity index (χ2v) is 5.40. The molecule has 0 radical (unpaired) electrons. The van der Waals surface area contributed by atoms with E-state index in [4.69, 9.17) is 9.26 Å². The summed E-state index contributed by atoms with van der Waals surface area (Å²) >= 11 is 0. The van der Waals surface area contributed by atoms with Crippen LogP contribution in [0.1, 0.15) is 16.8 Å². The first-order valence-corrected chi connectivity index (χ1v) is 7.63. The summed E-state index contributed by atoms with van der Waals surface area (Å²) < 4.78 is 10.4. The van der Waals surface area contributed by atoms with Crippen molar-refractivity contribution >= 4 is 12.0 Å². The molecular formula is C20H17NO3. The van der Waals surface area contributed by atoms with E-state index in [0.717, 1.165) is 16.7 Å². The standard InChI is InChI=1S/C20H17NO3/c1-15-6-5-7-16(12-15)10-11-20(22)23-14-18-13-19(24-21-18)17-8-3-2-4-9-17/h2-13H,14H2,1H3/b11-10+. The first-order valence-electron chi connectivity index (χ1n) is 7.63. The molecule has 0 unspecified atom stereocenters. The number of hydrogen-bond acceptors (Lipinski definition) is 4. The van der Waals surface area contributed by atoms with Crippen molar-refractivity contribution in [3.8, 4) is 11.3 Å². The molecule has 0 spiro atoms. The van der Waals surface area contributed by atoms with Crippen molar-refractivity contribution in [3.63, 3.8) is 0 Å². The Balaban J connectivity index is 1.56. The predicted octanol–water partition coefficient (Wildman–Crippen LogP) is 4.41. The van der Waals surface area contributed by atoms with Gasteiger partial charge in [-0.05, 0) is 18.6 Å². The Morgan fingerprint density at radius 3 is 2.75 bits per heavy atom. The number of aromatic nitrogens is 1. The average molecular weight is 319 g/mol. The summed E-state index contributed by atoms with van der Waals surface area (Å²) in [6.45, 7) is 2.08. The molecule has 4 heteroatoms. The van der Waals surface area contributed by atoms with Crippen LogP contribution in [0.25, 0.3) is 17.4 Å². The second-order valence-electron chi connectivity index (χ2n) is 5.40. The minimum Gasteiger partial charge on any atom is -0.456 e. The highest BCUT2D eigenvalue weighted by molar-refractivity contribution is 5.87. The molecule has 1 aromatic heterocycles. The number of benzene rings is 2. The maximum Gasteiger partial charge on any atom is 0.331 e. The van der Waals surface area contributed by atoms with Gasteiger partial charge in [0.1, 0.15) is 12.3 Å². The lowest BCUT2D eigenvalue weighted by Crippen LogP contribution is -2.00. The molecule has 1 heterocycles. The summed E-state index contributed by atoms with van der Waals surface area (Å²) in [6.07, 6.45) is 3.14. The van der Waals surface area contributed by atoms with Crippen molar-refractivity contribution in [1.82, 2.24) is 5.16 Å². The van der Waals surface area contributed by atoms with Gasteiger partial charge >= 0.3 is 5.97 Å². The number of esters is 1. The Labute approximate surface area is 140 Å². The number of aryl methyl sites for hydroxylation is 1. The Bertz CT molecular complexity index is 850. The number of hydrogen-bond donors (Lipinski definition) is 0. The summed E-state index contributed by atoms with van der Waals surface area (Å²) in [4.78, 5) is 11.8. The van der Waals surface area contributed by atoms with Gasteiger partial charge in [-0.2, -0.15) is 0 Å². The Kier molecular flexibility index (Phi) is 4.87. The van der Waals surface area contributed by atoms with Crippen molar-refractivity contribution in [1.29, 1.82) is 0 Å². The third-order valence-corrected chi connectivity index (χ3v) is 3.43. The normalized spacial score (nSPS) is 10.9. The average Bonchev–Trinajstić information content (AvgIpc) is 3.08. The fourth-order valence-electron chi connectivity index (χ4n) is 2.25. The molecule has 0 atom stereocenters. The van der Waals surface area contributed by atoms with Gasteiger partial charge in [0.15, 0.2) is 5.76 Å². The van der Waals surface area contributed by atoms with Gasteiger partial charge in [-0.25, -0.2) is 4.79 Å². The summed E-state index contributed by atoms with van der Waals surface area (Å²) in [5, 5.41) is 3.92. The molecule has 0 bridgehead atoms. The first kappa shape index (κ1) is 15.7. The Morgan fingerprint density at radius 1 is 1.12 bits per heavy atom. The van der Waals surface area contributed by atoms with E-state index in [1.165, 1.54) is 6.08 Å². The van der Waals surface area contributed by atoms with E-state index in [1.54, 1.807) is 12.1 Å². The van der Waals surface area contributed by atoms with Gasteiger partial charge < -0.3 is 9.26 Å².